The minimum Gasteiger partial charge on any atom is -0.377 e. The fraction of sp³-hybridized carbons (Fsp3) is 1.00. The zero-order valence-corrected chi connectivity index (χ0v) is 10.5. The molecule has 0 radical (unpaired) electrons. The molecule has 0 rings (SSSR count). The molecule has 0 aromatic carbocycles. The summed E-state index contributed by atoms with van der Waals surface area (Å²) in [5.74, 6) is 0.737. The first-order valence-electron chi connectivity index (χ1n) is 5.92. The third-order valence-electron chi connectivity index (χ3n) is 2.50. The molecule has 86 valence electrons. The number of hydrogen-bond donors (Lipinski definition) is 1. The summed E-state index contributed by atoms with van der Waals surface area (Å²) < 4.78 is 5.75. The lowest BCUT2D eigenvalue weighted by atomic mass is 10.1. The third kappa shape index (κ3) is 7.34. The maximum Gasteiger partial charge on any atom is 0.0697 e. The molecule has 2 atom stereocenters. The fourth-order valence-electron chi connectivity index (χ4n) is 1.17. The zero-order chi connectivity index (χ0) is 11.0. The van der Waals surface area contributed by atoms with E-state index >= 15 is 0 Å². The van der Waals surface area contributed by atoms with Crippen molar-refractivity contribution in [1.29, 1.82) is 0 Å². The minimum atomic E-state index is 0.320. The number of hydrogen-bond acceptors (Lipinski definition) is 2. The highest BCUT2D eigenvalue weighted by molar-refractivity contribution is 4.67. The molecule has 0 aliphatic carbocycles. The molecule has 2 heteroatoms. The SMILES string of the molecule is CCCNC(C)C(C)OCCC(C)C. The van der Waals surface area contributed by atoms with Crippen LogP contribution in [0.3, 0.4) is 0 Å². The van der Waals surface area contributed by atoms with Crippen LogP contribution in [0.25, 0.3) is 0 Å². The van der Waals surface area contributed by atoms with E-state index in [1.54, 1.807) is 0 Å². The van der Waals surface area contributed by atoms with Crippen molar-refractivity contribution >= 4 is 0 Å². The Hall–Kier alpha value is -0.0800. The molecular weight excluding hydrogens is 174 g/mol. The Morgan fingerprint density at radius 3 is 2.29 bits per heavy atom. The van der Waals surface area contributed by atoms with E-state index < -0.39 is 0 Å². The molecule has 0 aliphatic heterocycles. The van der Waals surface area contributed by atoms with Gasteiger partial charge >= 0.3 is 0 Å². The molecule has 0 heterocycles. The second kappa shape index (κ2) is 8.25. The summed E-state index contributed by atoms with van der Waals surface area (Å²) in [6.45, 7) is 12.9. The monoisotopic (exact) mass is 201 g/mol. The van der Waals surface area contributed by atoms with Crippen LogP contribution < -0.4 is 5.32 Å². The van der Waals surface area contributed by atoms with E-state index in [-0.39, 0.29) is 0 Å². The number of ether oxygens (including phenoxy) is 1. The van der Waals surface area contributed by atoms with Crippen molar-refractivity contribution in [2.24, 2.45) is 5.92 Å². The second-order valence-electron chi connectivity index (χ2n) is 4.50. The van der Waals surface area contributed by atoms with Crippen molar-refractivity contribution in [2.75, 3.05) is 13.2 Å². The van der Waals surface area contributed by atoms with Crippen LogP contribution in [0.4, 0.5) is 0 Å². The van der Waals surface area contributed by atoms with Crippen molar-refractivity contribution in [3.05, 3.63) is 0 Å². The molecule has 14 heavy (non-hydrogen) atoms. The lowest BCUT2D eigenvalue weighted by Gasteiger charge is -2.22. The molecule has 2 unspecified atom stereocenters. The lowest BCUT2D eigenvalue weighted by molar-refractivity contribution is 0.0373. The van der Waals surface area contributed by atoms with Crippen LogP contribution in [-0.4, -0.2) is 25.3 Å². The minimum absolute atomic E-state index is 0.320. The fourth-order valence-corrected chi connectivity index (χ4v) is 1.17. The van der Waals surface area contributed by atoms with Crippen LogP contribution in [0.2, 0.25) is 0 Å². The average Bonchev–Trinajstić information content (AvgIpc) is 2.13. The summed E-state index contributed by atoms with van der Waals surface area (Å²) in [4.78, 5) is 0. The lowest BCUT2D eigenvalue weighted by Crippen LogP contribution is -2.37. The van der Waals surface area contributed by atoms with Crippen LogP contribution in [-0.2, 0) is 4.74 Å². The van der Waals surface area contributed by atoms with Crippen molar-refractivity contribution in [2.45, 2.75) is 59.6 Å². The average molecular weight is 201 g/mol. The number of rotatable bonds is 8. The summed E-state index contributed by atoms with van der Waals surface area (Å²) in [7, 11) is 0. The summed E-state index contributed by atoms with van der Waals surface area (Å²) in [5.41, 5.74) is 0. The van der Waals surface area contributed by atoms with E-state index in [1.165, 1.54) is 6.42 Å². The molecular formula is C12H27NO. The van der Waals surface area contributed by atoms with Crippen LogP contribution in [0.15, 0.2) is 0 Å². The first-order valence-corrected chi connectivity index (χ1v) is 5.92. The Morgan fingerprint density at radius 2 is 1.79 bits per heavy atom. The predicted octanol–water partition coefficient (Wildman–Crippen LogP) is 2.83. The maximum atomic E-state index is 5.75. The molecule has 0 spiro atoms. The highest BCUT2D eigenvalue weighted by Gasteiger charge is 2.11. The Morgan fingerprint density at radius 1 is 1.14 bits per heavy atom. The largest absolute Gasteiger partial charge is 0.377 e. The molecule has 0 saturated carbocycles. The Balaban J connectivity index is 3.46. The first kappa shape index (κ1) is 13.9. The van der Waals surface area contributed by atoms with Crippen molar-refractivity contribution in [1.82, 2.24) is 5.32 Å². The molecule has 0 saturated heterocycles. The molecule has 0 amide bonds. The quantitative estimate of drug-likeness (QED) is 0.652. The van der Waals surface area contributed by atoms with E-state index in [9.17, 15) is 0 Å². The van der Waals surface area contributed by atoms with Gasteiger partial charge < -0.3 is 10.1 Å². The van der Waals surface area contributed by atoms with Gasteiger partial charge in [-0.3, -0.25) is 0 Å². The van der Waals surface area contributed by atoms with Gasteiger partial charge in [-0.2, -0.15) is 0 Å². The number of nitrogens with one attached hydrogen (secondary N) is 1. The van der Waals surface area contributed by atoms with Crippen LogP contribution in [0.1, 0.15) is 47.5 Å². The third-order valence-corrected chi connectivity index (χ3v) is 2.50. The van der Waals surface area contributed by atoms with Crippen molar-refractivity contribution in [3.8, 4) is 0 Å². The predicted molar refractivity (Wildman–Crippen MR) is 62.6 cm³/mol. The van der Waals surface area contributed by atoms with Gasteiger partial charge in [0.1, 0.15) is 0 Å². The van der Waals surface area contributed by atoms with E-state index in [2.05, 4.69) is 39.9 Å². The van der Waals surface area contributed by atoms with E-state index in [4.69, 9.17) is 4.74 Å². The summed E-state index contributed by atoms with van der Waals surface area (Å²) in [6.07, 6.45) is 2.66. The smallest absolute Gasteiger partial charge is 0.0697 e. The van der Waals surface area contributed by atoms with Gasteiger partial charge in [0.15, 0.2) is 0 Å². The summed E-state index contributed by atoms with van der Waals surface area (Å²) >= 11 is 0. The van der Waals surface area contributed by atoms with E-state index in [1.807, 2.05) is 0 Å². The summed E-state index contributed by atoms with van der Waals surface area (Å²) in [6, 6.07) is 0.460. The highest BCUT2D eigenvalue weighted by atomic mass is 16.5. The first-order chi connectivity index (χ1) is 6.57. The molecule has 0 aromatic rings. The van der Waals surface area contributed by atoms with Gasteiger partial charge in [-0.05, 0) is 39.2 Å². The second-order valence-corrected chi connectivity index (χ2v) is 4.50. The van der Waals surface area contributed by atoms with Crippen molar-refractivity contribution in [3.63, 3.8) is 0 Å². The van der Waals surface area contributed by atoms with E-state index in [0.717, 1.165) is 25.5 Å². The van der Waals surface area contributed by atoms with Gasteiger partial charge in [0, 0.05) is 12.6 Å². The standard InChI is InChI=1S/C12H27NO/c1-6-8-13-11(4)12(5)14-9-7-10(2)3/h10-13H,6-9H2,1-5H3. The Labute approximate surface area is 89.4 Å². The van der Waals surface area contributed by atoms with E-state index in [0.29, 0.717) is 12.1 Å². The topological polar surface area (TPSA) is 21.3 Å². The van der Waals surface area contributed by atoms with Gasteiger partial charge in [-0.15, -0.1) is 0 Å². The van der Waals surface area contributed by atoms with Crippen LogP contribution >= 0.6 is 0 Å². The highest BCUT2D eigenvalue weighted by Crippen LogP contribution is 2.03. The Bertz CT molecular complexity index is 125. The van der Waals surface area contributed by atoms with Gasteiger partial charge in [0.25, 0.3) is 0 Å². The van der Waals surface area contributed by atoms with Crippen molar-refractivity contribution < 1.29 is 4.74 Å². The molecule has 0 aliphatic rings. The maximum absolute atomic E-state index is 5.75. The summed E-state index contributed by atoms with van der Waals surface area (Å²) in [5, 5.41) is 3.45. The van der Waals surface area contributed by atoms with Gasteiger partial charge in [-0.25, -0.2) is 0 Å². The normalized spacial score (nSPS) is 15.9. The molecule has 0 aromatic heterocycles. The molecule has 0 fully saturated rings. The van der Waals surface area contributed by atoms with Gasteiger partial charge in [0.05, 0.1) is 6.10 Å². The van der Waals surface area contributed by atoms with Crippen LogP contribution in [0, 0.1) is 5.92 Å². The molecule has 1 N–H and O–H groups in total. The zero-order valence-electron chi connectivity index (χ0n) is 10.5. The van der Waals surface area contributed by atoms with Gasteiger partial charge in [-0.1, -0.05) is 20.8 Å². The Kier molecular flexibility index (Phi) is 8.20. The van der Waals surface area contributed by atoms with Gasteiger partial charge in [0.2, 0.25) is 0 Å². The van der Waals surface area contributed by atoms with Crippen LogP contribution in [0.5, 0.6) is 0 Å². The molecule has 2 nitrogen and oxygen atoms in total. The molecule has 0 bridgehead atoms.